The summed E-state index contributed by atoms with van der Waals surface area (Å²) < 4.78 is 16.5. The summed E-state index contributed by atoms with van der Waals surface area (Å²) in [5.41, 5.74) is 2.01. The summed E-state index contributed by atoms with van der Waals surface area (Å²) in [6.07, 6.45) is 3.73. The highest BCUT2D eigenvalue weighted by Gasteiger charge is 2.33. The maximum atomic E-state index is 13.8. The third kappa shape index (κ3) is 2.37. The van der Waals surface area contributed by atoms with E-state index in [0.29, 0.717) is 14.9 Å². The Morgan fingerprint density at radius 2 is 2.21 bits per heavy atom. The third-order valence-corrected chi connectivity index (χ3v) is 5.16. The number of aromatic nitrogens is 2. The molecule has 1 aromatic heterocycles. The van der Waals surface area contributed by atoms with Crippen LogP contribution in [0.3, 0.4) is 0 Å². The second-order valence-corrected chi connectivity index (χ2v) is 7.10. The number of nitrogens with zero attached hydrogens (tertiary/aromatic N) is 2. The predicted octanol–water partition coefficient (Wildman–Crippen LogP) is 4.71. The van der Waals surface area contributed by atoms with E-state index in [1.807, 2.05) is 22.6 Å². The fourth-order valence-corrected chi connectivity index (χ4v) is 3.42. The minimum atomic E-state index is -0.186. The fourth-order valence-electron chi connectivity index (χ4n) is 2.77. The van der Waals surface area contributed by atoms with Gasteiger partial charge in [0.25, 0.3) is 0 Å². The van der Waals surface area contributed by atoms with Gasteiger partial charge < -0.3 is 4.57 Å². The lowest BCUT2D eigenvalue weighted by atomic mass is 9.70. The van der Waals surface area contributed by atoms with Crippen LogP contribution in [-0.2, 0) is 12.4 Å². The molecular weight excluding hydrogens is 378 g/mol. The maximum absolute atomic E-state index is 13.8. The van der Waals surface area contributed by atoms with E-state index >= 15 is 0 Å². The molecule has 0 spiro atoms. The Balaban J connectivity index is 2.12. The number of alkyl halides is 1. The minimum absolute atomic E-state index is 0.186. The molecule has 2 nitrogen and oxygen atoms in total. The van der Waals surface area contributed by atoms with E-state index in [0.717, 1.165) is 23.4 Å². The number of fused-ring (bicyclic) bond motifs is 1. The zero-order chi connectivity index (χ0) is 13.6. The molecule has 0 aliphatic heterocycles. The van der Waals surface area contributed by atoms with Crippen LogP contribution in [0, 0.1) is 14.8 Å². The second kappa shape index (κ2) is 4.88. The Labute approximate surface area is 130 Å². The summed E-state index contributed by atoms with van der Waals surface area (Å²) in [5, 5.41) is 0. The van der Waals surface area contributed by atoms with Crippen molar-refractivity contribution >= 4 is 45.2 Å². The molecule has 1 fully saturated rings. The van der Waals surface area contributed by atoms with E-state index in [9.17, 15) is 4.39 Å². The number of halogens is 3. The van der Waals surface area contributed by atoms with E-state index in [4.69, 9.17) is 11.6 Å². The van der Waals surface area contributed by atoms with E-state index in [2.05, 4.69) is 16.5 Å². The summed E-state index contributed by atoms with van der Waals surface area (Å²) in [7, 11) is 0. The summed E-state index contributed by atoms with van der Waals surface area (Å²) >= 11 is 7.99. The third-order valence-electron chi connectivity index (χ3n) is 4.09. The first-order valence-corrected chi connectivity index (χ1v) is 8.04. The van der Waals surface area contributed by atoms with Crippen molar-refractivity contribution in [2.75, 3.05) is 0 Å². The molecule has 3 rings (SSSR count). The molecule has 0 unspecified atom stereocenters. The van der Waals surface area contributed by atoms with Gasteiger partial charge >= 0.3 is 0 Å². The quantitative estimate of drug-likeness (QED) is 0.546. The van der Waals surface area contributed by atoms with Crippen LogP contribution in [-0.4, -0.2) is 9.55 Å². The molecule has 5 heteroatoms. The molecule has 0 radical (unpaired) electrons. The van der Waals surface area contributed by atoms with Crippen LogP contribution in [0.25, 0.3) is 11.0 Å². The normalized spacial score (nSPS) is 17.7. The summed E-state index contributed by atoms with van der Waals surface area (Å²) in [5.74, 6) is 1.02. The lowest BCUT2D eigenvalue weighted by Gasteiger charge is -2.39. The topological polar surface area (TPSA) is 17.8 Å². The number of benzene rings is 1. The molecule has 0 bridgehead atoms. The Bertz CT molecular complexity index is 634. The van der Waals surface area contributed by atoms with Gasteiger partial charge in [0.05, 0.1) is 20.5 Å². The van der Waals surface area contributed by atoms with Crippen LogP contribution >= 0.6 is 34.2 Å². The van der Waals surface area contributed by atoms with Crippen LogP contribution < -0.4 is 0 Å². The van der Waals surface area contributed by atoms with Gasteiger partial charge in [-0.05, 0) is 46.9 Å². The van der Waals surface area contributed by atoms with Crippen LogP contribution in [0.2, 0.25) is 0 Å². The second-order valence-electron chi connectivity index (χ2n) is 5.67. The largest absolute Gasteiger partial charge is 0.326 e. The number of imidazole rings is 1. The standard InChI is InChI=1S/C14H15ClFIN2/c1-14(3-2-4-14)8-19-12-5-9(16)10(17)6-11(12)18-13(19)7-15/h5-6H,2-4,7-8H2,1H3. The van der Waals surface area contributed by atoms with Crippen molar-refractivity contribution < 1.29 is 4.39 Å². The van der Waals surface area contributed by atoms with Gasteiger partial charge in [-0.1, -0.05) is 13.3 Å². The lowest BCUT2D eigenvalue weighted by Crippen LogP contribution is -2.31. The highest BCUT2D eigenvalue weighted by molar-refractivity contribution is 14.1. The maximum Gasteiger partial charge on any atom is 0.138 e. The van der Waals surface area contributed by atoms with Crippen molar-refractivity contribution in [2.24, 2.45) is 5.41 Å². The molecular formula is C14H15ClFIN2. The first kappa shape index (κ1) is 13.6. The molecule has 1 aromatic carbocycles. The molecule has 1 aliphatic carbocycles. The van der Waals surface area contributed by atoms with E-state index in [-0.39, 0.29) is 5.82 Å². The first-order chi connectivity index (χ1) is 9.02. The summed E-state index contributed by atoms with van der Waals surface area (Å²) in [6.45, 7) is 3.16. The van der Waals surface area contributed by atoms with E-state index in [1.54, 1.807) is 12.1 Å². The van der Waals surface area contributed by atoms with E-state index < -0.39 is 0 Å². The van der Waals surface area contributed by atoms with Gasteiger partial charge in [0.2, 0.25) is 0 Å². The van der Waals surface area contributed by atoms with Crippen LogP contribution in [0.1, 0.15) is 32.0 Å². The zero-order valence-corrected chi connectivity index (χ0v) is 13.6. The first-order valence-electron chi connectivity index (χ1n) is 6.42. The Morgan fingerprint density at radius 1 is 1.47 bits per heavy atom. The predicted molar refractivity (Wildman–Crippen MR) is 83.9 cm³/mol. The van der Waals surface area contributed by atoms with Gasteiger partial charge in [0, 0.05) is 12.6 Å². The van der Waals surface area contributed by atoms with Crippen LogP contribution in [0.5, 0.6) is 0 Å². The Hall–Kier alpha value is -0.360. The average Bonchev–Trinajstić information content (AvgIpc) is 2.66. The van der Waals surface area contributed by atoms with Gasteiger partial charge in [-0.2, -0.15) is 0 Å². The van der Waals surface area contributed by atoms with Crippen molar-refractivity contribution in [1.29, 1.82) is 0 Å². The summed E-state index contributed by atoms with van der Waals surface area (Å²) in [6, 6.07) is 3.38. The average molecular weight is 393 g/mol. The van der Waals surface area contributed by atoms with Crippen LogP contribution in [0.4, 0.5) is 4.39 Å². The van der Waals surface area contributed by atoms with Crippen molar-refractivity contribution in [1.82, 2.24) is 9.55 Å². The van der Waals surface area contributed by atoms with Crippen LogP contribution in [0.15, 0.2) is 12.1 Å². The van der Waals surface area contributed by atoms with Crippen molar-refractivity contribution in [3.63, 3.8) is 0 Å². The molecule has 1 saturated carbocycles. The summed E-state index contributed by atoms with van der Waals surface area (Å²) in [4.78, 5) is 4.54. The Kier molecular flexibility index (Phi) is 3.50. The van der Waals surface area contributed by atoms with Gasteiger partial charge in [0.1, 0.15) is 11.6 Å². The monoisotopic (exact) mass is 392 g/mol. The van der Waals surface area contributed by atoms with Gasteiger partial charge in [0.15, 0.2) is 0 Å². The SMILES string of the molecule is CC1(Cn2c(CCl)nc3cc(I)c(F)cc32)CCC1. The molecule has 1 aliphatic rings. The molecule has 0 saturated heterocycles. The van der Waals surface area contributed by atoms with Crippen molar-refractivity contribution in [2.45, 2.75) is 38.6 Å². The number of hydrogen-bond donors (Lipinski definition) is 0. The smallest absolute Gasteiger partial charge is 0.138 e. The molecule has 0 amide bonds. The van der Waals surface area contributed by atoms with Gasteiger partial charge in [-0.25, -0.2) is 9.37 Å². The van der Waals surface area contributed by atoms with E-state index in [1.165, 1.54) is 19.3 Å². The Morgan fingerprint density at radius 3 is 2.79 bits per heavy atom. The number of hydrogen-bond acceptors (Lipinski definition) is 1. The molecule has 0 N–H and O–H groups in total. The van der Waals surface area contributed by atoms with Crippen molar-refractivity contribution in [3.8, 4) is 0 Å². The molecule has 0 atom stereocenters. The molecule has 19 heavy (non-hydrogen) atoms. The molecule has 2 aromatic rings. The lowest BCUT2D eigenvalue weighted by molar-refractivity contribution is 0.133. The number of rotatable bonds is 3. The van der Waals surface area contributed by atoms with Gasteiger partial charge in [-0.15, -0.1) is 11.6 Å². The highest BCUT2D eigenvalue weighted by atomic mass is 127. The fraction of sp³-hybridized carbons (Fsp3) is 0.500. The minimum Gasteiger partial charge on any atom is -0.326 e. The van der Waals surface area contributed by atoms with Gasteiger partial charge in [-0.3, -0.25) is 0 Å². The zero-order valence-electron chi connectivity index (χ0n) is 10.7. The molecule has 1 heterocycles. The highest BCUT2D eigenvalue weighted by Crippen LogP contribution is 2.42. The molecule has 102 valence electrons. The van der Waals surface area contributed by atoms with Crippen molar-refractivity contribution in [3.05, 3.63) is 27.3 Å².